The highest BCUT2D eigenvalue weighted by atomic mass is 14.4. The number of benzene rings is 1. The van der Waals surface area contributed by atoms with E-state index in [1.54, 1.807) is 0 Å². The van der Waals surface area contributed by atoms with Crippen LogP contribution in [0.5, 0.6) is 0 Å². The van der Waals surface area contributed by atoms with E-state index in [2.05, 4.69) is 49.9 Å². The van der Waals surface area contributed by atoms with Crippen LogP contribution in [0.3, 0.4) is 0 Å². The summed E-state index contributed by atoms with van der Waals surface area (Å²) in [6, 6.07) is 10.3. The van der Waals surface area contributed by atoms with Gasteiger partial charge in [-0.2, -0.15) is 0 Å². The first kappa shape index (κ1) is 10.9. The molecule has 1 aromatic carbocycles. The maximum atomic E-state index is 4.50. The lowest BCUT2D eigenvalue weighted by molar-refractivity contribution is 1.42. The van der Waals surface area contributed by atoms with E-state index in [1.807, 2.05) is 6.07 Å². The maximum absolute atomic E-state index is 4.50. The molecule has 0 aliphatic rings. The molecule has 0 fully saturated rings. The summed E-state index contributed by atoms with van der Waals surface area (Å²) in [6.45, 7) is 4.21. The second-order valence-corrected chi connectivity index (χ2v) is 2.63. The van der Waals surface area contributed by atoms with Gasteiger partial charge >= 0.3 is 0 Å². The summed E-state index contributed by atoms with van der Waals surface area (Å²) in [5, 5.41) is 0. The van der Waals surface area contributed by atoms with Gasteiger partial charge in [-0.15, -0.1) is 0 Å². The van der Waals surface area contributed by atoms with Gasteiger partial charge in [-0.3, -0.25) is 0 Å². The second kappa shape index (κ2) is 6.62. The quantitative estimate of drug-likeness (QED) is 0.676. The van der Waals surface area contributed by atoms with Gasteiger partial charge in [-0.1, -0.05) is 42.0 Å². The summed E-state index contributed by atoms with van der Waals surface area (Å²) in [5.41, 5.74) is 7.12. The third-order valence-electron chi connectivity index (χ3n) is 1.25. The minimum absolute atomic E-state index is 1.28. The largest absolute Gasteiger partial charge is 0.333 e. The van der Waals surface area contributed by atoms with Crippen molar-refractivity contribution < 1.29 is 0 Å². The highest BCUT2D eigenvalue weighted by Gasteiger charge is 1.82. The molecule has 2 N–H and O–H groups in total. The van der Waals surface area contributed by atoms with Crippen molar-refractivity contribution in [2.24, 2.45) is 5.73 Å². The van der Waals surface area contributed by atoms with E-state index in [1.165, 1.54) is 18.2 Å². The number of hydrogen-bond donors (Lipinski definition) is 1. The normalized spacial score (nSPS) is 8.00. The van der Waals surface area contributed by atoms with Crippen molar-refractivity contribution >= 4 is 6.08 Å². The van der Waals surface area contributed by atoms with Crippen LogP contribution < -0.4 is 5.73 Å². The fourth-order valence-corrected chi connectivity index (χ4v) is 0.883. The molecule has 0 aliphatic heterocycles. The first-order valence-electron chi connectivity index (χ1n) is 4.07. The van der Waals surface area contributed by atoms with Crippen molar-refractivity contribution in [3.63, 3.8) is 0 Å². The summed E-state index contributed by atoms with van der Waals surface area (Å²) in [5.74, 6) is 0. The third-order valence-corrected chi connectivity index (χ3v) is 1.25. The van der Waals surface area contributed by atoms with E-state index < -0.39 is 0 Å². The Bertz CT molecular complexity index is 220. The van der Waals surface area contributed by atoms with E-state index in [0.29, 0.717) is 0 Å². The zero-order chi connectivity index (χ0) is 9.40. The van der Waals surface area contributed by atoms with Crippen LogP contribution in [0.2, 0.25) is 0 Å². The van der Waals surface area contributed by atoms with Crippen LogP contribution in [0.25, 0.3) is 6.08 Å². The first-order chi connectivity index (χ1) is 5.79. The number of rotatable bonds is 1. The summed E-state index contributed by atoms with van der Waals surface area (Å²) >= 11 is 0. The molecule has 0 spiro atoms. The zero-order valence-electron chi connectivity index (χ0n) is 8.04. The SMILES string of the molecule is CC(C)=Cc1ccccc1.CN. The minimum atomic E-state index is 1.28. The lowest BCUT2D eigenvalue weighted by atomic mass is 10.2. The number of hydrogen-bond acceptors (Lipinski definition) is 1. The zero-order valence-corrected chi connectivity index (χ0v) is 8.04. The molecule has 1 aromatic rings. The van der Waals surface area contributed by atoms with Crippen LogP contribution in [-0.2, 0) is 0 Å². The summed E-state index contributed by atoms with van der Waals surface area (Å²) in [4.78, 5) is 0. The fraction of sp³-hybridized carbons (Fsp3) is 0.273. The Balaban J connectivity index is 0.000000561. The third kappa shape index (κ3) is 4.69. The fourth-order valence-electron chi connectivity index (χ4n) is 0.883. The predicted molar refractivity (Wildman–Crippen MR) is 55.9 cm³/mol. The molecular formula is C11H17N. The topological polar surface area (TPSA) is 26.0 Å². The van der Waals surface area contributed by atoms with Gasteiger partial charge < -0.3 is 5.73 Å². The lowest BCUT2D eigenvalue weighted by Crippen LogP contribution is -1.69. The molecule has 0 saturated heterocycles. The standard InChI is InChI=1S/C10H12.CH5N/c1-9(2)8-10-6-4-3-5-7-10;1-2/h3-8H,1-2H3;2H2,1H3. The van der Waals surface area contributed by atoms with E-state index in [9.17, 15) is 0 Å². The molecule has 0 amide bonds. The summed E-state index contributed by atoms with van der Waals surface area (Å²) in [6.07, 6.45) is 2.17. The molecule has 0 heterocycles. The first-order valence-corrected chi connectivity index (χ1v) is 4.07. The van der Waals surface area contributed by atoms with E-state index in [-0.39, 0.29) is 0 Å². The van der Waals surface area contributed by atoms with Crippen LogP contribution >= 0.6 is 0 Å². The Morgan fingerprint density at radius 1 is 1.08 bits per heavy atom. The Hall–Kier alpha value is -1.08. The smallest absolute Gasteiger partial charge is 0.0195 e. The highest BCUT2D eigenvalue weighted by molar-refractivity contribution is 5.51. The molecule has 0 aromatic heterocycles. The highest BCUT2D eigenvalue weighted by Crippen LogP contribution is 2.04. The summed E-state index contributed by atoms with van der Waals surface area (Å²) in [7, 11) is 1.50. The van der Waals surface area contributed by atoms with Gasteiger partial charge in [0.1, 0.15) is 0 Å². The van der Waals surface area contributed by atoms with Crippen molar-refractivity contribution in [1.29, 1.82) is 0 Å². The molecule has 0 unspecified atom stereocenters. The average molecular weight is 163 g/mol. The van der Waals surface area contributed by atoms with Crippen molar-refractivity contribution in [3.8, 4) is 0 Å². The Labute approximate surface area is 74.9 Å². The monoisotopic (exact) mass is 163 g/mol. The molecule has 12 heavy (non-hydrogen) atoms. The number of nitrogens with two attached hydrogens (primary N) is 1. The second-order valence-electron chi connectivity index (χ2n) is 2.63. The Morgan fingerprint density at radius 3 is 2.00 bits per heavy atom. The van der Waals surface area contributed by atoms with Crippen molar-refractivity contribution in [2.45, 2.75) is 13.8 Å². The lowest BCUT2D eigenvalue weighted by Gasteiger charge is -1.91. The molecule has 0 aliphatic carbocycles. The van der Waals surface area contributed by atoms with Crippen molar-refractivity contribution in [1.82, 2.24) is 0 Å². The molecule has 1 heteroatoms. The number of allylic oxidation sites excluding steroid dienone is 1. The molecule has 0 saturated carbocycles. The van der Waals surface area contributed by atoms with E-state index in [0.717, 1.165) is 0 Å². The molecule has 1 rings (SSSR count). The predicted octanol–water partition coefficient (Wildman–Crippen LogP) is 2.68. The van der Waals surface area contributed by atoms with Gasteiger partial charge in [0.2, 0.25) is 0 Å². The van der Waals surface area contributed by atoms with E-state index in [4.69, 9.17) is 0 Å². The Morgan fingerprint density at radius 2 is 1.58 bits per heavy atom. The average Bonchev–Trinajstić information content (AvgIpc) is 2.08. The molecular weight excluding hydrogens is 146 g/mol. The van der Waals surface area contributed by atoms with Gasteiger partial charge in [0.15, 0.2) is 0 Å². The van der Waals surface area contributed by atoms with Gasteiger partial charge in [0, 0.05) is 0 Å². The van der Waals surface area contributed by atoms with Gasteiger partial charge in [0.25, 0.3) is 0 Å². The molecule has 0 bridgehead atoms. The van der Waals surface area contributed by atoms with E-state index >= 15 is 0 Å². The van der Waals surface area contributed by atoms with Crippen LogP contribution in [0.15, 0.2) is 35.9 Å². The maximum Gasteiger partial charge on any atom is -0.0195 e. The molecule has 0 atom stereocenters. The summed E-state index contributed by atoms with van der Waals surface area (Å²) < 4.78 is 0. The molecule has 1 nitrogen and oxygen atoms in total. The van der Waals surface area contributed by atoms with Crippen molar-refractivity contribution in [3.05, 3.63) is 41.5 Å². The Kier molecular flexibility index (Phi) is 6.02. The molecule has 0 radical (unpaired) electrons. The van der Waals surface area contributed by atoms with Crippen LogP contribution in [0, 0.1) is 0 Å². The van der Waals surface area contributed by atoms with Gasteiger partial charge in [-0.25, -0.2) is 0 Å². The van der Waals surface area contributed by atoms with Crippen LogP contribution in [0.4, 0.5) is 0 Å². The minimum Gasteiger partial charge on any atom is -0.333 e. The molecule has 66 valence electrons. The van der Waals surface area contributed by atoms with Gasteiger partial charge in [-0.05, 0) is 26.5 Å². The van der Waals surface area contributed by atoms with Crippen LogP contribution in [-0.4, -0.2) is 7.05 Å². The van der Waals surface area contributed by atoms with Crippen LogP contribution in [0.1, 0.15) is 19.4 Å². The van der Waals surface area contributed by atoms with Gasteiger partial charge in [0.05, 0.1) is 0 Å². The van der Waals surface area contributed by atoms with Crippen molar-refractivity contribution in [2.75, 3.05) is 7.05 Å².